The summed E-state index contributed by atoms with van der Waals surface area (Å²) in [7, 11) is 1.37. The molecule has 2 atom stereocenters. The van der Waals surface area contributed by atoms with Gasteiger partial charge in [-0.05, 0) is 66.9 Å². The van der Waals surface area contributed by atoms with E-state index in [-0.39, 0.29) is 23.6 Å². The summed E-state index contributed by atoms with van der Waals surface area (Å²) in [4.78, 5) is 23.5. The third-order valence-corrected chi connectivity index (χ3v) is 5.59. The normalized spacial score (nSPS) is 18.8. The number of methoxy groups -OCH3 is 1. The lowest BCUT2D eigenvalue weighted by Gasteiger charge is -2.16. The molecule has 0 aliphatic heterocycles. The van der Waals surface area contributed by atoms with Gasteiger partial charge in [0.15, 0.2) is 0 Å². The summed E-state index contributed by atoms with van der Waals surface area (Å²) in [5.74, 6) is -1.37. The van der Waals surface area contributed by atoms with Gasteiger partial charge in [-0.15, -0.1) is 0 Å². The van der Waals surface area contributed by atoms with E-state index in [1.807, 2.05) is 18.2 Å². The van der Waals surface area contributed by atoms with Crippen LogP contribution in [0.4, 0.5) is 8.78 Å². The first-order valence-corrected chi connectivity index (χ1v) is 10.4. The van der Waals surface area contributed by atoms with Crippen molar-refractivity contribution in [3.63, 3.8) is 0 Å². The summed E-state index contributed by atoms with van der Waals surface area (Å²) in [5.41, 5.74) is 2.27. The number of halogens is 2. The maximum atomic E-state index is 14.1. The van der Waals surface area contributed by atoms with Gasteiger partial charge in [0, 0.05) is 6.42 Å². The molecule has 0 amide bonds. The molecule has 2 aromatic rings. The zero-order valence-corrected chi connectivity index (χ0v) is 17.4. The predicted molar refractivity (Wildman–Crippen MR) is 113 cm³/mol. The molecule has 1 fully saturated rings. The van der Waals surface area contributed by atoms with Crippen LogP contribution in [0.3, 0.4) is 0 Å². The van der Waals surface area contributed by atoms with E-state index in [0.29, 0.717) is 12.8 Å². The summed E-state index contributed by atoms with van der Waals surface area (Å²) in [6, 6.07) is 15.5. The molecule has 0 spiro atoms. The van der Waals surface area contributed by atoms with Gasteiger partial charge in [0.2, 0.25) is 0 Å². The zero-order chi connectivity index (χ0) is 22.3. The highest BCUT2D eigenvalue weighted by molar-refractivity contribution is 5.94. The van der Waals surface area contributed by atoms with E-state index in [9.17, 15) is 18.4 Å². The number of aryl methyl sites for hydroxylation is 1. The predicted octanol–water partition coefficient (Wildman–Crippen LogP) is 5.47. The van der Waals surface area contributed by atoms with Crippen molar-refractivity contribution < 1.29 is 27.8 Å². The van der Waals surface area contributed by atoms with Crippen LogP contribution in [0.15, 0.2) is 66.7 Å². The Morgan fingerprint density at radius 1 is 1.06 bits per heavy atom. The van der Waals surface area contributed by atoms with Crippen LogP contribution in [0.2, 0.25) is 0 Å². The quantitative estimate of drug-likeness (QED) is 0.392. The van der Waals surface area contributed by atoms with Gasteiger partial charge in [0.1, 0.15) is 5.75 Å². The second-order valence-electron chi connectivity index (χ2n) is 7.70. The summed E-state index contributed by atoms with van der Waals surface area (Å²) < 4.78 is 37.5. The second-order valence-corrected chi connectivity index (χ2v) is 7.70. The number of carbonyl (C=O) groups excluding carboxylic acids is 2. The Bertz CT molecular complexity index is 924. The molecule has 0 bridgehead atoms. The molecule has 4 nitrogen and oxygen atoms in total. The van der Waals surface area contributed by atoms with E-state index >= 15 is 0 Å². The Labute approximate surface area is 180 Å². The Kier molecular flexibility index (Phi) is 7.55. The van der Waals surface area contributed by atoms with E-state index in [4.69, 9.17) is 4.74 Å². The number of rotatable bonds is 9. The maximum absolute atomic E-state index is 14.1. The van der Waals surface area contributed by atoms with Crippen molar-refractivity contribution in [1.29, 1.82) is 0 Å². The fourth-order valence-electron chi connectivity index (χ4n) is 3.98. The molecule has 1 aliphatic rings. The van der Waals surface area contributed by atoms with Crippen LogP contribution in [0.5, 0.6) is 5.75 Å². The van der Waals surface area contributed by atoms with Crippen molar-refractivity contribution in [2.24, 2.45) is 5.92 Å². The van der Waals surface area contributed by atoms with Crippen molar-refractivity contribution >= 4 is 11.8 Å². The molecule has 3 rings (SSSR count). The van der Waals surface area contributed by atoms with Crippen LogP contribution < -0.4 is 4.74 Å². The van der Waals surface area contributed by atoms with Gasteiger partial charge in [-0.1, -0.05) is 48.5 Å². The van der Waals surface area contributed by atoms with Crippen LogP contribution in [0.1, 0.15) is 42.7 Å². The van der Waals surface area contributed by atoms with E-state index in [0.717, 1.165) is 30.9 Å². The van der Waals surface area contributed by atoms with E-state index in [1.165, 1.54) is 24.8 Å². The van der Waals surface area contributed by atoms with Gasteiger partial charge in [-0.3, -0.25) is 9.59 Å². The fourth-order valence-corrected chi connectivity index (χ4v) is 3.98. The highest BCUT2D eigenvalue weighted by Gasteiger charge is 2.40. The average Bonchev–Trinajstić information content (AvgIpc) is 3.25. The molecule has 0 saturated heterocycles. The van der Waals surface area contributed by atoms with Crippen molar-refractivity contribution in [3.05, 3.63) is 77.9 Å². The number of hydrogen-bond acceptors (Lipinski definition) is 4. The SMILES string of the molecule is COC(=O)CCc1ccccc1C1CCC(/C=C/C(=O)C(F)(F)Oc2ccccc2)C1. The van der Waals surface area contributed by atoms with Gasteiger partial charge < -0.3 is 9.47 Å². The number of benzene rings is 2. The minimum atomic E-state index is -3.91. The van der Waals surface area contributed by atoms with Crippen LogP contribution in [-0.4, -0.2) is 25.0 Å². The Hall–Kier alpha value is -3.02. The number of allylic oxidation sites excluding steroid dienone is 1. The largest absolute Gasteiger partial charge is 0.469 e. The first-order chi connectivity index (χ1) is 14.9. The fraction of sp³-hybridized carbons (Fsp3) is 0.360. The van der Waals surface area contributed by atoms with Crippen molar-refractivity contribution in [2.75, 3.05) is 7.11 Å². The van der Waals surface area contributed by atoms with Gasteiger partial charge in [-0.2, -0.15) is 8.78 Å². The molecule has 1 saturated carbocycles. The van der Waals surface area contributed by atoms with Crippen LogP contribution in [0.25, 0.3) is 0 Å². The maximum Gasteiger partial charge on any atom is 0.465 e. The molecule has 0 radical (unpaired) electrons. The smallest absolute Gasteiger partial charge is 0.465 e. The number of esters is 1. The molecule has 0 N–H and O–H groups in total. The first-order valence-electron chi connectivity index (χ1n) is 10.4. The number of para-hydroxylation sites is 1. The average molecular weight is 428 g/mol. The number of alkyl halides is 2. The minimum absolute atomic E-state index is 0.0372. The lowest BCUT2D eigenvalue weighted by molar-refractivity contribution is -0.185. The van der Waals surface area contributed by atoms with Crippen LogP contribution >= 0.6 is 0 Å². The van der Waals surface area contributed by atoms with Crippen molar-refractivity contribution in [3.8, 4) is 5.75 Å². The number of carbonyl (C=O) groups is 2. The highest BCUT2D eigenvalue weighted by atomic mass is 19.3. The summed E-state index contributed by atoms with van der Waals surface area (Å²) >= 11 is 0. The van der Waals surface area contributed by atoms with Crippen molar-refractivity contribution in [2.45, 2.75) is 44.1 Å². The number of hydrogen-bond donors (Lipinski definition) is 0. The monoisotopic (exact) mass is 428 g/mol. The Balaban J connectivity index is 1.59. The van der Waals surface area contributed by atoms with Crippen LogP contribution in [0, 0.1) is 5.92 Å². The van der Waals surface area contributed by atoms with Crippen LogP contribution in [-0.2, 0) is 20.7 Å². The van der Waals surface area contributed by atoms with Gasteiger partial charge in [-0.25, -0.2) is 0 Å². The topological polar surface area (TPSA) is 52.6 Å². The third kappa shape index (κ3) is 6.23. The highest BCUT2D eigenvalue weighted by Crippen LogP contribution is 2.40. The molecular formula is C25H26F2O4. The van der Waals surface area contributed by atoms with Gasteiger partial charge >= 0.3 is 12.1 Å². The molecule has 164 valence electrons. The summed E-state index contributed by atoms with van der Waals surface area (Å²) in [6.07, 6.45) is 2.00. The molecule has 0 aromatic heterocycles. The first kappa shape index (κ1) is 22.7. The molecule has 2 aromatic carbocycles. The Morgan fingerprint density at radius 3 is 2.52 bits per heavy atom. The molecular weight excluding hydrogens is 402 g/mol. The minimum Gasteiger partial charge on any atom is -0.469 e. The van der Waals surface area contributed by atoms with Gasteiger partial charge in [0.25, 0.3) is 5.78 Å². The molecule has 2 unspecified atom stereocenters. The second kappa shape index (κ2) is 10.3. The third-order valence-electron chi connectivity index (χ3n) is 5.59. The molecule has 31 heavy (non-hydrogen) atoms. The number of ketones is 1. The Morgan fingerprint density at radius 2 is 1.77 bits per heavy atom. The number of ether oxygens (including phenoxy) is 2. The molecule has 1 aliphatic carbocycles. The molecule has 6 heteroatoms. The van der Waals surface area contributed by atoms with E-state index < -0.39 is 11.9 Å². The zero-order valence-electron chi connectivity index (χ0n) is 17.4. The van der Waals surface area contributed by atoms with E-state index in [1.54, 1.807) is 24.3 Å². The summed E-state index contributed by atoms with van der Waals surface area (Å²) in [5, 5.41) is 0. The van der Waals surface area contributed by atoms with E-state index in [2.05, 4.69) is 10.8 Å². The lowest BCUT2D eigenvalue weighted by Crippen LogP contribution is -2.33. The standard InChI is InChI=1S/C25H26F2O4/c1-30-24(29)16-14-19-7-5-6-10-22(19)20-13-11-18(17-20)12-15-23(28)25(26,27)31-21-8-3-2-4-9-21/h2-10,12,15,18,20H,11,13-14,16-17H2,1H3/b15-12+. The lowest BCUT2D eigenvalue weighted by atomic mass is 9.90. The van der Waals surface area contributed by atoms with Gasteiger partial charge in [0.05, 0.1) is 7.11 Å². The summed E-state index contributed by atoms with van der Waals surface area (Å²) in [6.45, 7) is 0. The van der Waals surface area contributed by atoms with Crippen molar-refractivity contribution in [1.82, 2.24) is 0 Å². The molecule has 0 heterocycles.